The Bertz CT molecular complexity index is 1660. The lowest BCUT2D eigenvalue weighted by molar-refractivity contribution is -0.137. The number of nitrogens with one attached hydrogen (secondary N) is 5. The van der Waals surface area contributed by atoms with Crippen LogP contribution in [0.4, 0.5) is 4.79 Å². The second kappa shape index (κ2) is 23.8. The first kappa shape index (κ1) is 47.0. The van der Waals surface area contributed by atoms with Gasteiger partial charge in [0, 0.05) is 30.0 Å². The maximum absolute atomic E-state index is 14.1. The number of hydrogen-bond donors (Lipinski definition) is 7. The van der Waals surface area contributed by atoms with Crippen molar-refractivity contribution in [2.24, 2.45) is 23.7 Å². The molecule has 2 aliphatic heterocycles. The van der Waals surface area contributed by atoms with Crippen LogP contribution in [0, 0.1) is 23.7 Å². The summed E-state index contributed by atoms with van der Waals surface area (Å²) in [7, 11) is 0. The fourth-order valence-corrected chi connectivity index (χ4v) is 10.3. The molecule has 1 aliphatic carbocycles. The molecule has 3 fully saturated rings. The summed E-state index contributed by atoms with van der Waals surface area (Å²) >= 11 is 1.86. The first-order chi connectivity index (χ1) is 28.9. The van der Waals surface area contributed by atoms with E-state index >= 15 is 0 Å². The molecular formula is C46H69N5O8S. The van der Waals surface area contributed by atoms with Gasteiger partial charge in [-0.25, -0.2) is 4.79 Å². The zero-order valence-electron chi connectivity index (χ0n) is 35.9. The van der Waals surface area contributed by atoms with Gasteiger partial charge >= 0.3 is 6.03 Å². The Morgan fingerprint density at radius 2 is 1.58 bits per heavy atom. The van der Waals surface area contributed by atoms with Crippen molar-refractivity contribution in [2.75, 3.05) is 25.5 Å². The van der Waals surface area contributed by atoms with Gasteiger partial charge < -0.3 is 46.3 Å². The summed E-state index contributed by atoms with van der Waals surface area (Å²) in [6.07, 6.45) is 6.39. The highest BCUT2D eigenvalue weighted by Crippen LogP contribution is 2.34. The van der Waals surface area contributed by atoms with Crippen molar-refractivity contribution >= 4 is 35.5 Å². The highest BCUT2D eigenvalue weighted by molar-refractivity contribution is 8.00. The third kappa shape index (κ3) is 13.8. The molecule has 5 rings (SSSR count). The SMILES string of the molecule is CCC(C)[C@@H](CNC(=O)CCCC[C@@H]1SC[C@@H]2NC(=O)N[C@@H]21)NC(=O)[C@H](C(C)C)[C@@H](O)[C@H](O)[C@H](CC1CCCCC1)NC(=O)c1ccccc1OCCOc1ccccc1. The smallest absolute Gasteiger partial charge is 0.315 e. The maximum Gasteiger partial charge on any atom is 0.315 e. The van der Waals surface area contributed by atoms with Gasteiger partial charge in [0.2, 0.25) is 11.8 Å². The van der Waals surface area contributed by atoms with Crippen molar-refractivity contribution in [1.29, 1.82) is 0 Å². The Labute approximate surface area is 360 Å². The number of carbonyl (C=O) groups excluding carboxylic acids is 4. The molecule has 2 saturated heterocycles. The van der Waals surface area contributed by atoms with Crippen LogP contribution in [0.25, 0.3) is 0 Å². The Morgan fingerprint density at radius 1 is 0.867 bits per heavy atom. The average Bonchev–Trinajstić information content (AvgIpc) is 3.81. The Balaban J connectivity index is 1.17. The molecule has 0 radical (unpaired) electrons. The highest BCUT2D eigenvalue weighted by atomic mass is 32.2. The van der Waals surface area contributed by atoms with Gasteiger partial charge in [0.15, 0.2) is 0 Å². The average molecular weight is 852 g/mol. The molecule has 2 heterocycles. The molecule has 1 unspecified atom stereocenters. The molecule has 3 aliphatic rings. The van der Waals surface area contributed by atoms with Crippen LogP contribution in [0.5, 0.6) is 11.5 Å². The Morgan fingerprint density at radius 3 is 2.32 bits per heavy atom. The molecule has 14 heteroatoms. The molecule has 9 atom stereocenters. The summed E-state index contributed by atoms with van der Waals surface area (Å²) in [6, 6.07) is 15.3. The number of thioether (sulfide) groups is 1. The molecule has 7 N–H and O–H groups in total. The molecular weight excluding hydrogens is 783 g/mol. The van der Waals surface area contributed by atoms with Crippen molar-refractivity contribution in [2.45, 2.75) is 140 Å². The first-order valence-corrected chi connectivity index (χ1v) is 23.3. The highest BCUT2D eigenvalue weighted by Gasteiger charge is 2.43. The number of rotatable bonds is 24. The monoisotopic (exact) mass is 851 g/mol. The molecule has 60 heavy (non-hydrogen) atoms. The number of aliphatic hydroxyl groups is 2. The number of fused-ring (bicyclic) bond motifs is 1. The van der Waals surface area contributed by atoms with Gasteiger partial charge in [-0.2, -0.15) is 11.8 Å². The van der Waals surface area contributed by atoms with E-state index in [1.54, 1.807) is 24.3 Å². The van der Waals surface area contributed by atoms with Gasteiger partial charge in [-0.15, -0.1) is 0 Å². The van der Waals surface area contributed by atoms with E-state index in [1.165, 1.54) is 0 Å². The summed E-state index contributed by atoms with van der Waals surface area (Å²) in [5, 5.41) is 39.3. The molecule has 2 aromatic carbocycles. The molecule has 5 amide bonds. The second-order valence-electron chi connectivity index (χ2n) is 17.2. The lowest BCUT2D eigenvalue weighted by Gasteiger charge is -2.36. The van der Waals surface area contributed by atoms with Crippen LogP contribution in [0.2, 0.25) is 0 Å². The van der Waals surface area contributed by atoms with Crippen LogP contribution in [0.15, 0.2) is 54.6 Å². The Kier molecular flexibility index (Phi) is 18.7. The number of unbranched alkanes of at least 4 members (excludes halogenated alkanes) is 1. The fourth-order valence-electron chi connectivity index (χ4n) is 8.77. The Hall–Kier alpha value is -4.01. The normalized spacial score (nSPS) is 22.0. The van der Waals surface area contributed by atoms with E-state index < -0.39 is 42.0 Å². The van der Waals surface area contributed by atoms with Crippen LogP contribution in [0.1, 0.15) is 109 Å². The predicted molar refractivity (Wildman–Crippen MR) is 235 cm³/mol. The van der Waals surface area contributed by atoms with E-state index in [9.17, 15) is 29.4 Å². The lowest BCUT2D eigenvalue weighted by atomic mass is 9.79. The number of urea groups is 1. The molecule has 0 aromatic heterocycles. The van der Waals surface area contributed by atoms with Crippen molar-refractivity contribution in [1.82, 2.24) is 26.6 Å². The number of hydrogen-bond acceptors (Lipinski definition) is 9. The van der Waals surface area contributed by atoms with Crippen molar-refractivity contribution < 1.29 is 38.9 Å². The number of carbonyl (C=O) groups is 4. The molecule has 332 valence electrons. The van der Waals surface area contributed by atoms with E-state index in [4.69, 9.17) is 9.47 Å². The van der Waals surface area contributed by atoms with Crippen LogP contribution < -0.4 is 36.1 Å². The van der Waals surface area contributed by atoms with E-state index in [0.29, 0.717) is 29.4 Å². The molecule has 2 aromatic rings. The van der Waals surface area contributed by atoms with Gasteiger partial charge in [0.05, 0.1) is 35.7 Å². The summed E-state index contributed by atoms with van der Waals surface area (Å²) in [4.78, 5) is 52.7. The summed E-state index contributed by atoms with van der Waals surface area (Å²) in [6.45, 7) is 8.45. The summed E-state index contributed by atoms with van der Waals surface area (Å²) in [5.41, 5.74) is 0.298. The van der Waals surface area contributed by atoms with Gasteiger partial charge in [-0.05, 0) is 61.3 Å². The zero-order valence-corrected chi connectivity index (χ0v) is 36.7. The van der Waals surface area contributed by atoms with Gasteiger partial charge in [0.25, 0.3) is 5.91 Å². The standard InChI is InChI=1S/C46H69N5O8S/c1-5-30(4)35(27-47-39(52)23-15-14-22-38-41-36(28-60-38)50-46(57)51-41)49-45(56)40(29(2)3)43(54)42(53)34(26-31-16-8-6-9-17-31)48-44(55)33-20-12-13-21-37(33)59-25-24-58-32-18-10-7-11-19-32/h7,10-13,18-21,29-31,34-36,38,40-43,53-54H,5-6,8-9,14-17,22-28H2,1-4H3,(H,47,52)(H,48,55)(H,49,56)(H2,50,51,57)/t30?,34-,35+,36-,38-,40+,41-,42+,43+/m0/s1. The third-order valence-electron chi connectivity index (χ3n) is 12.5. The number of para-hydroxylation sites is 2. The maximum atomic E-state index is 14.1. The van der Waals surface area contributed by atoms with Crippen molar-refractivity contribution in [3.63, 3.8) is 0 Å². The fraction of sp³-hybridized carbons (Fsp3) is 0.652. The summed E-state index contributed by atoms with van der Waals surface area (Å²) in [5.74, 6) is 0.00637. The van der Waals surface area contributed by atoms with E-state index in [-0.39, 0.29) is 61.5 Å². The minimum absolute atomic E-state index is 0.0252. The van der Waals surface area contributed by atoms with E-state index in [1.807, 2.05) is 69.8 Å². The number of benzene rings is 2. The largest absolute Gasteiger partial charge is 0.490 e. The van der Waals surface area contributed by atoms with Crippen LogP contribution in [-0.2, 0) is 9.59 Å². The van der Waals surface area contributed by atoms with Crippen LogP contribution >= 0.6 is 11.8 Å². The lowest BCUT2D eigenvalue weighted by Crippen LogP contribution is -2.56. The van der Waals surface area contributed by atoms with Crippen molar-refractivity contribution in [3.05, 3.63) is 60.2 Å². The number of ether oxygens (including phenoxy) is 2. The molecule has 0 bridgehead atoms. The number of amides is 5. The van der Waals surface area contributed by atoms with E-state index in [0.717, 1.165) is 69.3 Å². The third-order valence-corrected chi connectivity index (χ3v) is 14.0. The first-order valence-electron chi connectivity index (χ1n) is 22.3. The molecule has 0 spiro atoms. The quantitative estimate of drug-likeness (QED) is 0.0523. The predicted octanol–water partition coefficient (Wildman–Crippen LogP) is 5.58. The minimum atomic E-state index is -1.48. The second-order valence-corrected chi connectivity index (χ2v) is 18.5. The van der Waals surface area contributed by atoms with Gasteiger partial charge in [0.1, 0.15) is 30.8 Å². The van der Waals surface area contributed by atoms with E-state index in [2.05, 4.69) is 26.6 Å². The number of aliphatic hydroxyl groups excluding tert-OH is 2. The molecule has 1 saturated carbocycles. The van der Waals surface area contributed by atoms with Crippen molar-refractivity contribution in [3.8, 4) is 11.5 Å². The summed E-state index contributed by atoms with van der Waals surface area (Å²) < 4.78 is 11.7. The molecule has 13 nitrogen and oxygen atoms in total. The van der Waals surface area contributed by atoms with Crippen LogP contribution in [0.3, 0.4) is 0 Å². The zero-order chi connectivity index (χ0) is 43.0. The topological polar surface area (TPSA) is 187 Å². The minimum Gasteiger partial charge on any atom is -0.490 e. The van der Waals surface area contributed by atoms with Gasteiger partial charge in [-0.3, -0.25) is 14.4 Å². The van der Waals surface area contributed by atoms with Gasteiger partial charge in [-0.1, -0.05) is 103 Å². The van der Waals surface area contributed by atoms with Crippen LogP contribution in [-0.4, -0.2) is 101 Å².